The van der Waals surface area contributed by atoms with Gasteiger partial charge in [-0.2, -0.15) is 0 Å². The molecule has 0 aromatic heterocycles. The molecule has 0 amide bonds. The Morgan fingerprint density at radius 2 is 0.347 bits per heavy atom. The van der Waals surface area contributed by atoms with Gasteiger partial charge in [-0.3, -0.25) is 0 Å². The van der Waals surface area contributed by atoms with Crippen molar-refractivity contribution in [3.63, 3.8) is 0 Å². The number of hydrogen-bond donors (Lipinski definition) is 0. The van der Waals surface area contributed by atoms with Gasteiger partial charge in [0.05, 0.1) is 0 Å². The fourth-order valence-corrected chi connectivity index (χ4v) is 9.53. The molecule has 14 rings (SSSR count). The molecule has 0 radical (unpaired) electrons. The van der Waals surface area contributed by atoms with E-state index in [9.17, 15) is 0 Å². The van der Waals surface area contributed by atoms with Gasteiger partial charge in [0.15, 0.2) is 0 Å². The van der Waals surface area contributed by atoms with Crippen molar-refractivity contribution >= 4 is 10.8 Å². The fourth-order valence-electron chi connectivity index (χ4n) is 9.53. The Kier molecular flexibility index (Phi) is 116. The van der Waals surface area contributed by atoms with Gasteiger partial charge in [-0.25, -0.2) is 0 Å². The van der Waals surface area contributed by atoms with E-state index in [1.807, 2.05) is 306 Å². The van der Waals surface area contributed by atoms with Gasteiger partial charge in [0.1, 0.15) is 0 Å². The largest absolute Gasteiger partial charge is 0.0876 e. The molecule has 0 saturated heterocycles. The summed E-state index contributed by atoms with van der Waals surface area (Å²) in [5, 5.41) is 2.62. The summed E-state index contributed by atoms with van der Waals surface area (Å²) in [6, 6.07) is 137. The Hall–Kier alpha value is -10.4. The summed E-state index contributed by atoms with van der Waals surface area (Å²) in [6.07, 6.45) is 18.9. The van der Waals surface area contributed by atoms with Gasteiger partial charge in [-0.15, -0.1) is 0 Å². The Labute approximate surface area is 732 Å². The minimum Gasteiger partial charge on any atom is -0.0876 e. The van der Waals surface area contributed by atoms with Crippen molar-refractivity contribution in [1.82, 2.24) is 0 Å². The zero-order valence-corrected chi connectivity index (χ0v) is 80.2. The molecule has 0 spiro atoms. The molecule has 644 valence electrons. The van der Waals surface area contributed by atoms with Crippen LogP contribution in [-0.2, 0) is 32.1 Å². The number of rotatable bonds is 9. The predicted molar refractivity (Wildman–Crippen MR) is 549 cm³/mol. The van der Waals surface area contributed by atoms with Gasteiger partial charge in [-0.05, 0) is 112 Å². The second-order valence-corrected chi connectivity index (χ2v) is 22.2. The highest BCUT2D eigenvalue weighted by Crippen LogP contribution is 2.22. The maximum absolute atomic E-state index is 2.38. The van der Waals surface area contributed by atoms with E-state index in [0.29, 0.717) is 5.92 Å². The Morgan fingerprint density at radius 3 is 0.525 bits per heavy atom. The lowest BCUT2D eigenvalue weighted by molar-refractivity contribution is 0.517. The van der Waals surface area contributed by atoms with Gasteiger partial charge in [0.25, 0.3) is 0 Å². The van der Waals surface area contributed by atoms with Crippen LogP contribution < -0.4 is 0 Å². The normalized spacial score (nSPS) is 10.1. The molecule has 1 aliphatic rings. The van der Waals surface area contributed by atoms with Crippen LogP contribution in [-0.4, -0.2) is 0 Å². The second-order valence-electron chi connectivity index (χ2n) is 22.2. The molecule has 0 nitrogen and oxygen atoms in total. The first-order valence-corrected chi connectivity index (χ1v) is 45.7. The van der Waals surface area contributed by atoms with Crippen LogP contribution in [0.4, 0.5) is 0 Å². The van der Waals surface area contributed by atoms with E-state index in [2.05, 4.69) is 313 Å². The van der Waals surface area contributed by atoms with E-state index in [0.717, 1.165) is 38.0 Å². The van der Waals surface area contributed by atoms with E-state index >= 15 is 0 Å². The molecule has 13 aromatic carbocycles. The molecule has 13 aromatic rings. The summed E-state index contributed by atoms with van der Waals surface area (Å²) in [5.74, 6) is 1.43. The van der Waals surface area contributed by atoms with E-state index in [-0.39, 0.29) is 0 Å². The van der Waals surface area contributed by atoms with Gasteiger partial charge in [0, 0.05) is 0 Å². The second kappa shape index (κ2) is 111. The maximum atomic E-state index is 2.38. The standard InChI is InChI=1S/C17H22.C13H12.C12H10.C10H8.3C8H10.3C6H6.12C2H6/c1-2-15-10-6-12-17(13-7-11-15)14-16-8-4-3-5-9-16;1-3-7-12(8-4-1)11-13-9-5-2-6-10-13;1-3-7-11(8-4-1)12-9-5-2-6-10-12;1-2-6-10-8-4-3-7-9(10)5-1;3*1-2-8-6-4-3-5-7-8;3*1-2-4-6-5-3-1;12*1-2/h3-9,12-13,15,17H,2,10-11,14H2,1H3;1-10H,11H2;1-10H;1-8H;3*3-7H,2H2,1H3;3*1-6H;12*1-2H3. The van der Waals surface area contributed by atoms with Crippen molar-refractivity contribution in [2.75, 3.05) is 0 Å². The van der Waals surface area contributed by atoms with Crippen LogP contribution in [0.1, 0.15) is 247 Å². The van der Waals surface area contributed by atoms with Gasteiger partial charge < -0.3 is 0 Å². The van der Waals surface area contributed by atoms with Crippen LogP contribution in [0.15, 0.2) is 425 Å². The maximum Gasteiger partial charge on any atom is -0.00131 e. The first-order valence-electron chi connectivity index (χ1n) is 45.7. The molecule has 118 heavy (non-hydrogen) atoms. The number of benzene rings is 13. The van der Waals surface area contributed by atoms with Crippen LogP contribution in [0.2, 0.25) is 0 Å². The first-order chi connectivity index (χ1) is 58.6. The van der Waals surface area contributed by atoms with Gasteiger partial charge >= 0.3 is 0 Å². The topological polar surface area (TPSA) is 0 Å². The summed E-state index contributed by atoms with van der Waals surface area (Å²) < 4.78 is 0. The molecule has 0 unspecified atom stereocenters. The lowest BCUT2D eigenvalue weighted by Gasteiger charge is -2.15. The number of fused-ring (bicyclic) bond motifs is 1. The zero-order valence-electron chi connectivity index (χ0n) is 80.2. The Balaban J connectivity index is -0.000000187. The SMILES string of the molecule is CC.CC.CC.CC.CC.CC.CC.CC.CC.CC.CC.CC.CCC1CC=CC(Cc2ccccc2)C=CC1.CCc1ccccc1.CCc1ccccc1.CCc1ccccc1.c1ccc(-c2ccccc2)cc1.c1ccc(Cc2ccccc2)cc1.c1ccc2ccccc2c1.c1ccccc1.c1ccccc1.c1ccccc1. The van der Waals surface area contributed by atoms with Crippen molar-refractivity contribution < 1.29 is 0 Å². The molecular weight excluding hydrogens is 1420 g/mol. The van der Waals surface area contributed by atoms with Crippen molar-refractivity contribution in [2.24, 2.45) is 11.8 Å². The molecule has 0 bridgehead atoms. The van der Waals surface area contributed by atoms with Crippen molar-refractivity contribution in [3.8, 4) is 11.1 Å². The molecule has 0 saturated carbocycles. The summed E-state index contributed by atoms with van der Waals surface area (Å²) in [7, 11) is 0. The fraction of sp³-hybridized carbons (Fsp3) is 0.322. The Bertz CT molecular complexity index is 3360. The highest BCUT2D eigenvalue weighted by atomic mass is 14.1. The van der Waals surface area contributed by atoms with Crippen molar-refractivity contribution in [3.05, 3.63) is 458 Å². The molecule has 0 atom stereocenters. The summed E-state index contributed by atoms with van der Waals surface area (Å²) in [4.78, 5) is 0. The smallest absolute Gasteiger partial charge is 0.00131 e. The van der Waals surface area contributed by atoms with Crippen LogP contribution >= 0.6 is 0 Å². The molecule has 1 aliphatic carbocycles. The minimum atomic E-state index is 0.579. The third kappa shape index (κ3) is 78.1. The zero-order chi connectivity index (χ0) is 90.1. The van der Waals surface area contributed by atoms with Gasteiger partial charge in [0.2, 0.25) is 0 Å². The average molecular weight is 1590 g/mol. The first kappa shape index (κ1) is 123. The molecule has 0 heterocycles. The molecule has 0 heteroatoms. The monoisotopic (exact) mass is 1590 g/mol. The van der Waals surface area contributed by atoms with Gasteiger partial charge in [-0.1, -0.05) is 625 Å². The van der Waals surface area contributed by atoms with Crippen LogP contribution in [0.25, 0.3) is 21.9 Å². The summed E-state index contributed by atoms with van der Waals surface area (Å²) in [5.41, 5.74) is 10.9. The lowest BCUT2D eigenvalue weighted by atomic mass is 9.91. The van der Waals surface area contributed by atoms with E-state index in [1.165, 1.54) is 74.5 Å². The van der Waals surface area contributed by atoms with Crippen LogP contribution in [0, 0.1) is 11.8 Å². The third-order valence-corrected chi connectivity index (χ3v) is 15.0. The minimum absolute atomic E-state index is 0.579. The molecule has 0 fully saturated rings. The number of aryl methyl sites for hydroxylation is 3. The highest BCUT2D eigenvalue weighted by molar-refractivity contribution is 5.82. The van der Waals surface area contributed by atoms with Crippen LogP contribution in [0.5, 0.6) is 0 Å². The van der Waals surface area contributed by atoms with Crippen molar-refractivity contribution in [2.45, 2.75) is 245 Å². The highest BCUT2D eigenvalue weighted by Gasteiger charge is 2.08. The number of allylic oxidation sites excluding steroid dienone is 4. The number of hydrogen-bond acceptors (Lipinski definition) is 0. The predicted octanol–water partition coefficient (Wildman–Crippen LogP) is 38.4. The summed E-state index contributed by atoms with van der Waals surface area (Å²) in [6.45, 7) is 56.8. The quantitative estimate of drug-likeness (QED) is 0.126. The molecular formula is C118H172. The lowest BCUT2D eigenvalue weighted by Crippen LogP contribution is -2.02. The van der Waals surface area contributed by atoms with E-state index in [4.69, 9.17) is 0 Å². The molecule has 0 N–H and O–H groups in total. The third-order valence-electron chi connectivity index (χ3n) is 15.0. The Morgan fingerprint density at radius 1 is 0.186 bits per heavy atom. The van der Waals surface area contributed by atoms with Crippen molar-refractivity contribution in [1.29, 1.82) is 0 Å². The van der Waals surface area contributed by atoms with E-state index < -0.39 is 0 Å². The average Bonchev–Trinajstić information content (AvgIpc) is 0.879. The van der Waals surface area contributed by atoms with E-state index in [1.54, 1.807) is 0 Å². The molecule has 0 aliphatic heterocycles. The van der Waals surface area contributed by atoms with Crippen LogP contribution in [0.3, 0.4) is 0 Å². The summed E-state index contributed by atoms with van der Waals surface area (Å²) >= 11 is 0.